The van der Waals surface area contributed by atoms with E-state index in [1.54, 1.807) is 5.56 Å². The Bertz CT molecular complexity index is 423. The average molecular weight is 275 g/mol. The van der Waals surface area contributed by atoms with Crippen molar-refractivity contribution in [2.45, 2.75) is 49.8 Å². The molecule has 0 spiro atoms. The molecule has 2 aliphatic rings. The molecule has 1 fully saturated rings. The molecule has 3 rings (SSSR count). The van der Waals surface area contributed by atoms with E-state index in [2.05, 4.69) is 36.5 Å². The number of hydrogen-bond acceptors (Lipinski definition) is 2. The summed E-state index contributed by atoms with van der Waals surface area (Å²) in [6.45, 7) is 4.83. The largest absolute Gasteiger partial charge is 0.316 e. The van der Waals surface area contributed by atoms with E-state index in [1.807, 2.05) is 11.8 Å². The summed E-state index contributed by atoms with van der Waals surface area (Å²) in [5, 5.41) is 3.77. The molecule has 19 heavy (non-hydrogen) atoms. The van der Waals surface area contributed by atoms with Gasteiger partial charge in [0.15, 0.2) is 0 Å². The molecule has 0 bridgehead atoms. The molecule has 1 nitrogen and oxygen atoms in total. The molecule has 1 N–H and O–H groups in total. The van der Waals surface area contributed by atoms with E-state index < -0.39 is 0 Å². The van der Waals surface area contributed by atoms with Crippen LogP contribution in [0.15, 0.2) is 29.2 Å². The second-order valence-corrected chi connectivity index (χ2v) is 7.61. The van der Waals surface area contributed by atoms with E-state index in [0.29, 0.717) is 11.3 Å². The fourth-order valence-corrected chi connectivity index (χ4v) is 4.78. The Kier molecular flexibility index (Phi) is 4.18. The van der Waals surface area contributed by atoms with Crippen molar-refractivity contribution in [2.75, 3.05) is 18.8 Å². The summed E-state index contributed by atoms with van der Waals surface area (Å²) in [6, 6.07) is 8.91. The standard InChI is InChI=1S/C17H25NS/c1-17(9-5-2-6-10-17)13-18-11-14-12-19-16-8-4-3-7-15(14)16/h3-4,7-8,14,18H,2,5-6,9-13H2,1H3. The summed E-state index contributed by atoms with van der Waals surface area (Å²) in [6.07, 6.45) is 7.13. The van der Waals surface area contributed by atoms with E-state index in [0.717, 1.165) is 6.54 Å². The lowest BCUT2D eigenvalue weighted by molar-refractivity contribution is 0.207. The van der Waals surface area contributed by atoms with Crippen molar-refractivity contribution >= 4 is 11.8 Å². The lowest BCUT2D eigenvalue weighted by Crippen LogP contribution is -2.35. The fourth-order valence-electron chi connectivity index (χ4n) is 3.53. The smallest absolute Gasteiger partial charge is 0.0108 e. The zero-order valence-corrected chi connectivity index (χ0v) is 12.8. The van der Waals surface area contributed by atoms with Crippen molar-refractivity contribution in [1.82, 2.24) is 5.32 Å². The van der Waals surface area contributed by atoms with E-state index in [9.17, 15) is 0 Å². The minimum absolute atomic E-state index is 0.559. The van der Waals surface area contributed by atoms with Crippen LogP contribution in [-0.4, -0.2) is 18.8 Å². The minimum atomic E-state index is 0.559. The third-order valence-electron chi connectivity index (χ3n) is 4.80. The molecule has 0 saturated heterocycles. The van der Waals surface area contributed by atoms with Gasteiger partial charge in [-0.3, -0.25) is 0 Å². The van der Waals surface area contributed by atoms with Gasteiger partial charge in [-0.25, -0.2) is 0 Å². The maximum atomic E-state index is 3.77. The van der Waals surface area contributed by atoms with Crippen molar-refractivity contribution < 1.29 is 0 Å². The van der Waals surface area contributed by atoms with Crippen LogP contribution in [0, 0.1) is 5.41 Å². The van der Waals surface area contributed by atoms with Crippen LogP contribution in [0.25, 0.3) is 0 Å². The van der Waals surface area contributed by atoms with E-state index >= 15 is 0 Å². The molecule has 104 valence electrons. The van der Waals surface area contributed by atoms with Gasteiger partial charge in [0.05, 0.1) is 0 Å². The molecule has 0 amide bonds. The molecule has 2 heteroatoms. The van der Waals surface area contributed by atoms with Crippen LogP contribution in [0.5, 0.6) is 0 Å². The minimum Gasteiger partial charge on any atom is -0.316 e. The molecule has 0 radical (unpaired) electrons. The Hall–Kier alpha value is -0.470. The first-order valence-electron chi connectivity index (χ1n) is 7.69. The van der Waals surface area contributed by atoms with Crippen molar-refractivity contribution in [3.63, 3.8) is 0 Å². The van der Waals surface area contributed by atoms with Crippen LogP contribution < -0.4 is 5.32 Å². The van der Waals surface area contributed by atoms with Crippen molar-refractivity contribution in [2.24, 2.45) is 5.41 Å². The Morgan fingerprint density at radius 2 is 2.00 bits per heavy atom. The predicted molar refractivity (Wildman–Crippen MR) is 84.0 cm³/mol. The van der Waals surface area contributed by atoms with Gasteiger partial charge in [0.1, 0.15) is 0 Å². The first kappa shape index (κ1) is 13.5. The number of rotatable bonds is 4. The van der Waals surface area contributed by atoms with Gasteiger partial charge in [0, 0.05) is 29.7 Å². The van der Waals surface area contributed by atoms with Crippen molar-refractivity contribution in [3.8, 4) is 0 Å². The fraction of sp³-hybridized carbons (Fsp3) is 0.647. The third kappa shape index (κ3) is 3.17. The van der Waals surface area contributed by atoms with Crippen molar-refractivity contribution in [1.29, 1.82) is 0 Å². The van der Waals surface area contributed by atoms with Gasteiger partial charge in [-0.05, 0) is 29.9 Å². The molecule has 1 heterocycles. The van der Waals surface area contributed by atoms with Gasteiger partial charge < -0.3 is 5.32 Å². The molecule has 1 saturated carbocycles. The van der Waals surface area contributed by atoms with Crippen LogP contribution in [0.4, 0.5) is 0 Å². The molecular weight excluding hydrogens is 250 g/mol. The number of nitrogens with one attached hydrogen (secondary N) is 1. The maximum absolute atomic E-state index is 3.77. The van der Waals surface area contributed by atoms with Gasteiger partial charge in [-0.2, -0.15) is 0 Å². The Balaban J connectivity index is 1.51. The number of benzene rings is 1. The molecule has 1 atom stereocenters. The monoisotopic (exact) mass is 275 g/mol. The second-order valence-electron chi connectivity index (χ2n) is 6.55. The normalized spacial score (nSPS) is 25.2. The summed E-state index contributed by atoms with van der Waals surface area (Å²) < 4.78 is 0. The van der Waals surface area contributed by atoms with Crippen LogP contribution >= 0.6 is 11.8 Å². The molecular formula is C17H25NS. The number of fused-ring (bicyclic) bond motifs is 1. The van der Waals surface area contributed by atoms with Crippen LogP contribution in [0.2, 0.25) is 0 Å². The zero-order chi connectivity index (χ0) is 13.1. The lowest BCUT2D eigenvalue weighted by Gasteiger charge is -2.34. The maximum Gasteiger partial charge on any atom is 0.0108 e. The van der Waals surface area contributed by atoms with Gasteiger partial charge in [-0.15, -0.1) is 11.8 Å². The summed E-state index contributed by atoms with van der Waals surface area (Å²) >= 11 is 2.02. The summed E-state index contributed by atoms with van der Waals surface area (Å²) in [4.78, 5) is 1.50. The highest BCUT2D eigenvalue weighted by Gasteiger charge is 2.27. The molecule has 1 aliphatic heterocycles. The van der Waals surface area contributed by atoms with E-state index in [-0.39, 0.29) is 0 Å². The van der Waals surface area contributed by atoms with Crippen LogP contribution in [-0.2, 0) is 0 Å². The molecule has 1 aliphatic carbocycles. The highest BCUT2D eigenvalue weighted by Crippen LogP contribution is 2.39. The van der Waals surface area contributed by atoms with E-state index in [4.69, 9.17) is 0 Å². The quantitative estimate of drug-likeness (QED) is 0.872. The first-order chi connectivity index (χ1) is 9.27. The predicted octanol–water partition coefficient (Wildman–Crippen LogP) is 4.44. The summed E-state index contributed by atoms with van der Waals surface area (Å²) in [7, 11) is 0. The van der Waals surface area contributed by atoms with Gasteiger partial charge >= 0.3 is 0 Å². The third-order valence-corrected chi connectivity index (χ3v) is 6.05. The topological polar surface area (TPSA) is 12.0 Å². The van der Waals surface area contributed by atoms with E-state index in [1.165, 1.54) is 49.3 Å². The summed E-state index contributed by atoms with van der Waals surface area (Å²) in [5.74, 6) is 1.97. The molecule has 1 aromatic carbocycles. The Morgan fingerprint density at radius 3 is 2.84 bits per heavy atom. The molecule has 0 aromatic heterocycles. The molecule has 1 unspecified atom stereocenters. The average Bonchev–Trinajstić information content (AvgIpc) is 2.83. The number of hydrogen-bond donors (Lipinski definition) is 1. The van der Waals surface area contributed by atoms with Gasteiger partial charge in [0.25, 0.3) is 0 Å². The SMILES string of the molecule is CC1(CNCC2CSc3ccccc32)CCCCC1. The number of thioether (sulfide) groups is 1. The first-order valence-corrected chi connectivity index (χ1v) is 8.68. The van der Waals surface area contributed by atoms with Crippen molar-refractivity contribution in [3.05, 3.63) is 29.8 Å². The highest BCUT2D eigenvalue weighted by atomic mass is 32.2. The van der Waals surface area contributed by atoms with Crippen LogP contribution in [0.3, 0.4) is 0 Å². The summed E-state index contributed by atoms with van der Waals surface area (Å²) in [5.41, 5.74) is 2.12. The lowest BCUT2D eigenvalue weighted by atomic mass is 9.75. The Morgan fingerprint density at radius 1 is 1.21 bits per heavy atom. The Labute approximate surface area is 121 Å². The highest BCUT2D eigenvalue weighted by molar-refractivity contribution is 7.99. The second kappa shape index (κ2) is 5.88. The van der Waals surface area contributed by atoms with Gasteiger partial charge in [-0.1, -0.05) is 44.4 Å². The van der Waals surface area contributed by atoms with Crippen LogP contribution in [0.1, 0.15) is 50.5 Å². The molecule has 1 aromatic rings. The zero-order valence-electron chi connectivity index (χ0n) is 12.0. The van der Waals surface area contributed by atoms with Gasteiger partial charge in [0.2, 0.25) is 0 Å².